The summed E-state index contributed by atoms with van der Waals surface area (Å²) in [5.74, 6) is 1.54. The predicted molar refractivity (Wildman–Crippen MR) is 121 cm³/mol. The van der Waals surface area contributed by atoms with Gasteiger partial charge in [0.05, 0.1) is 12.6 Å². The molecule has 156 valence electrons. The molecule has 0 radical (unpaired) electrons. The molecule has 0 spiro atoms. The standard InChI is InChI=1S/C27H33N2O/c1-30-25-17-15-24(16-18-25)29-20-26(28-19-7-3-6-10-27(28)29)23-13-11-22(12-14-23)21-8-4-2-5-9-21/h2,4-5,8-9,11-14,20,24-25H,3,6-7,10,15-19H2,1H3/q+1/t24-,25-. The lowest BCUT2D eigenvalue weighted by atomic mass is 9.92. The van der Waals surface area contributed by atoms with E-state index in [1.807, 2.05) is 7.11 Å². The van der Waals surface area contributed by atoms with Gasteiger partial charge in [0.1, 0.15) is 12.2 Å². The molecule has 3 heteroatoms. The summed E-state index contributed by atoms with van der Waals surface area (Å²) < 4.78 is 10.9. The predicted octanol–water partition coefficient (Wildman–Crippen LogP) is 5.97. The minimum atomic E-state index is 0.452. The maximum atomic E-state index is 5.62. The SMILES string of the molecule is CO[C@H]1CC[C@H](n2cc(-c3ccc(-c4ccccc4)cc3)[n+]3c2CCCCC3)CC1. The second-order valence-corrected chi connectivity index (χ2v) is 8.91. The zero-order valence-electron chi connectivity index (χ0n) is 18.1. The van der Waals surface area contributed by atoms with E-state index < -0.39 is 0 Å². The van der Waals surface area contributed by atoms with Crippen molar-refractivity contribution in [2.75, 3.05) is 7.11 Å². The number of imidazole rings is 1. The second-order valence-electron chi connectivity index (χ2n) is 8.91. The summed E-state index contributed by atoms with van der Waals surface area (Å²) >= 11 is 0. The van der Waals surface area contributed by atoms with Crippen molar-refractivity contribution in [3.05, 3.63) is 66.6 Å². The summed E-state index contributed by atoms with van der Waals surface area (Å²) in [6.45, 7) is 1.14. The number of aromatic nitrogens is 2. The van der Waals surface area contributed by atoms with Crippen LogP contribution >= 0.6 is 0 Å². The smallest absolute Gasteiger partial charge is 0.257 e. The Morgan fingerprint density at radius 3 is 2.23 bits per heavy atom. The lowest BCUT2D eigenvalue weighted by Crippen LogP contribution is -2.39. The lowest BCUT2D eigenvalue weighted by molar-refractivity contribution is -0.692. The zero-order chi connectivity index (χ0) is 20.3. The third kappa shape index (κ3) is 3.83. The van der Waals surface area contributed by atoms with Gasteiger partial charge >= 0.3 is 0 Å². The normalized spacial score (nSPS) is 21.8. The van der Waals surface area contributed by atoms with Crippen LogP contribution in [0.2, 0.25) is 0 Å². The van der Waals surface area contributed by atoms with Crippen molar-refractivity contribution < 1.29 is 9.30 Å². The van der Waals surface area contributed by atoms with Crippen LogP contribution in [0.3, 0.4) is 0 Å². The number of hydrogen-bond acceptors (Lipinski definition) is 1. The van der Waals surface area contributed by atoms with E-state index in [4.69, 9.17) is 4.74 Å². The van der Waals surface area contributed by atoms with Crippen LogP contribution in [0.5, 0.6) is 0 Å². The van der Waals surface area contributed by atoms with Gasteiger partial charge in [0.2, 0.25) is 0 Å². The van der Waals surface area contributed by atoms with Crippen LogP contribution in [0.1, 0.15) is 56.8 Å². The number of fused-ring (bicyclic) bond motifs is 1. The summed E-state index contributed by atoms with van der Waals surface area (Å²) in [4.78, 5) is 0. The Kier molecular flexibility index (Phi) is 5.72. The van der Waals surface area contributed by atoms with Crippen LogP contribution < -0.4 is 4.57 Å². The van der Waals surface area contributed by atoms with Crippen molar-refractivity contribution in [3.8, 4) is 22.4 Å². The van der Waals surface area contributed by atoms with Gasteiger partial charge in [-0.25, -0.2) is 9.13 Å². The number of methoxy groups -OCH3 is 1. The molecule has 0 saturated heterocycles. The Morgan fingerprint density at radius 2 is 1.50 bits per heavy atom. The molecule has 2 aliphatic rings. The van der Waals surface area contributed by atoms with Gasteiger partial charge in [0.15, 0.2) is 5.69 Å². The second kappa shape index (κ2) is 8.77. The number of hydrogen-bond donors (Lipinski definition) is 0. The van der Waals surface area contributed by atoms with Crippen molar-refractivity contribution in [1.82, 2.24) is 4.57 Å². The molecule has 3 nitrogen and oxygen atoms in total. The van der Waals surface area contributed by atoms with Crippen LogP contribution in [-0.2, 0) is 17.7 Å². The molecule has 30 heavy (non-hydrogen) atoms. The fourth-order valence-corrected chi connectivity index (χ4v) is 5.37. The summed E-state index contributed by atoms with van der Waals surface area (Å²) in [5, 5.41) is 0. The molecule has 5 rings (SSSR count). The molecule has 1 fully saturated rings. The molecule has 1 aromatic heterocycles. The maximum Gasteiger partial charge on any atom is 0.257 e. The molecular formula is C27H33N2O+. The van der Waals surface area contributed by atoms with Crippen LogP contribution in [-0.4, -0.2) is 17.8 Å². The highest BCUT2D eigenvalue weighted by molar-refractivity contribution is 5.67. The van der Waals surface area contributed by atoms with E-state index in [2.05, 4.69) is 69.9 Å². The zero-order valence-corrected chi connectivity index (χ0v) is 18.1. The first-order chi connectivity index (χ1) is 14.8. The number of benzene rings is 2. The van der Waals surface area contributed by atoms with Gasteiger partial charge in [-0.05, 0) is 68.2 Å². The van der Waals surface area contributed by atoms with E-state index in [1.165, 1.54) is 79.6 Å². The molecule has 2 heterocycles. The highest BCUT2D eigenvalue weighted by Gasteiger charge is 2.32. The van der Waals surface area contributed by atoms with Gasteiger partial charge < -0.3 is 4.74 Å². The van der Waals surface area contributed by atoms with Gasteiger partial charge in [-0.2, -0.15) is 0 Å². The van der Waals surface area contributed by atoms with Crippen LogP contribution in [0.25, 0.3) is 22.4 Å². The third-order valence-corrected chi connectivity index (χ3v) is 7.10. The molecule has 3 aromatic rings. The molecule has 0 bridgehead atoms. The third-order valence-electron chi connectivity index (χ3n) is 7.10. The number of ether oxygens (including phenoxy) is 1. The first-order valence-corrected chi connectivity index (χ1v) is 11.7. The van der Waals surface area contributed by atoms with E-state index in [1.54, 1.807) is 0 Å². The van der Waals surface area contributed by atoms with Gasteiger partial charge in [-0.1, -0.05) is 42.5 Å². The van der Waals surface area contributed by atoms with Crippen molar-refractivity contribution >= 4 is 0 Å². The fourth-order valence-electron chi connectivity index (χ4n) is 5.37. The van der Waals surface area contributed by atoms with Crippen molar-refractivity contribution in [1.29, 1.82) is 0 Å². The van der Waals surface area contributed by atoms with Gasteiger partial charge in [0.25, 0.3) is 5.82 Å². The largest absolute Gasteiger partial charge is 0.381 e. The minimum absolute atomic E-state index is 0.452. The monoisotopic (exact) mass is 401 g/mol. The average Bonchev–Trinajstić information content (AvgIpc) is 3.00. The summed E-state index contributed by atoms with van der Waals surface area (Å²) in [6.07, 6.45) is 12.9. The Morgan fingerprint density at radius 1 is 0.800 bits per heavy atom. The van der Waals surface area contributed by atoms with E-state index in [0.717, 1.165) is 6.54 Å². The van der Waals surface area contributed by atoms with E-state index >= 15 is 0 Å². The highest BCUT2D eigenvalue weighted by atomic mass is 16.5. The average molecular weight is 402 g/mol. The Bertz CT molecular complexity index is 966. The molecule has 0 unspecified atom stereocenters. The summed E-state index contributed by atoms with van der Waals surface area (Å²) in [5.41, 5.74) is 5.29. The highest BCUT2D eigenvalue weighted by Crippen LogP contribution is 2.33. The molecule has 1 saturated carbocycles. The van der Waals surface area contributed by atoms with Crippen LogP contribution in [0, 0.1) is 0 Å². The van der Waals surface area contributed by atoms with Gasteiger partial charge in [0, 0.05) is 19.1 Å². The Hall–Kier alpha value is -2.39. The maximum absolute atomic E-state index is 5.62. The lowest BCUT2D eigenvalue weighted by Gasteiger charge is -2.26. The molecular weight excluding hydrogens is 368 g/mol. The molecule has 1 aliphatic carbocycles. The molecule has 1 aliphatic heterocycles. The van der Waals surface area contributed by atoms with Gasteiger partial charge in [-0.15, -0.1) is 0 Å². The first-order valence-electron chi connectivity index (χ1n) is 11.7. The molecule has 0 amide bonds. The van der Waals surface area contributed by atoms with Crippen molar-refractivity contribution in [3.63, 3.8) is 0 Å². The first kappa shape index (κ1) is 19.6. The molecule has 0 N–H and O–H groups in total. The summed E-state index contributed by atoms with van der Waals surface area (Å²) in [7, 11) is 1.86. The van der Waals surface area contributed by atoms with Crippen LogP contribution in [0.15, 0.2) is 60.8 Å². The van der Waals surface area contributed by atoms with Crippen molar-refractivity contribution in [2.24, 2.45) is 0 Å². The molecule has 0 atom stereocenters. The van der Waals surface area contributed by atoms with Crippen LogP contribution in [0.4, 0.5) is 0 Å². The minimum Gasteiger partial charge on any atom is -0.381 e. The number of rotatable bonds is 4. The van der Waals surface area contributed by atoms with E-state index in [0.29, 0.717) is 12.1 Å². The Balaban J connectivity index is 1.48. The number of nitrogens with zero attached hydrogens (tertiary/aromatic N) is 2. The topological polar surface area (TPSA) is 18.0 Å². The summed E-state index contributed by atoms with van der Waals surface area (Å²) in [6, 6.07) is 20.4. The Labute approximate surface area is 180 Å². The fraction of sp³-hybridized carbons (Fsp3) is 0.444. The van der Waals surface area contributed by atoms with Crippen molar-refractivity contribution in [2.45, 2.75) is 70.1 Å². The van der Waals surface area contributed by atoms with E-state index in [-0.39, 0.29) is 0 Å². The van der Waals surface area contributed by atoms with Gasteiger partial charge in [-0.3, -0.25) is 0 Å². The quantitative estimate of drug-likeness (QED) is 0.493. The van der Waals surface area contributed by atoms with E-state index in [9.17, 15) is 0 Å². The molecule has 2 aromatic carbocycles.